The summed E-state index contributed by atoms with van der Waals surface area (Å²) in [4.78, 5) is 18.5. The monoisotopic (exact) mass is 263 g/mol. The van der Waals surface area contributed by atoms with E-state index in [0.717, 1.165) is 25.1 Å². The van der Waals surface area contributed by atoms with Crippen molar-refractivity contribution in [2.75, 3.05) is 26.8 Å². The molecule has 1 aromatic rings. The number of methoxy groups -OCH3 is 1. The summed E-state index contributed by atoms with van der Waals surface area (Å²) in [6.45, 7) is 2.62. The number of carbonyl (C=O) groups excluding carboxylic acids is 1. The summed E-state index contributed by atoms with van der Waals surface area (Å²) < 4.78 is 5.09. The van der Waals surface area contributed by atoms with Crippen LogP contribution in [0, 0.1) is 0 Å². The van der Waals surface area contributed by atoms with Gasteiger partial charge in [-0.3, -0.25) is 9.78 Å². The van der Waals surface area contributed by atoms with Gasteiger partial charge in [-0.05, 0) is 31.5 Å². The molecule has 5 heteroatoms. The Labute approximate surface area is 114 Å². The molecule has 1 saturated heterocycles. The molecule has 19 heavy (non-hydrogen) atoms. The van der Waals surface area contributed by atoms with Crippen molar-refractivity contribution in [2.24, 2.45) is 0 Å². The number of hydrogen-bond acceptors (Lipinski definition) is 4. The third-order valence-corrected chi connectivity index (χ3v) is 3.31. The zero-order chi connectivity index (χ0) is 13.5. The average molecular weight is 263 g/mol. The molecule has 0 bridgehead atoms. The highest BCUT2D eigenvalue weighted by Crippen LogP contribution is 2.11. The van der Waals surface area contributed by atoms with E-state index in [9.17, 15) is 4.79 Å². The maximum atomic E-state index is 12.4. The van der Waals surface area contributed by atoms with Gasteiger partial charge in [-0.15, -0.1) is 0 Å². The molecular formula is C14H21N3O2. The zero-order valence-electron chi connectivity index (χ0n) is 11.3. The van der Waals surface area contributed by atoms with Crippen molar-refractivity contribution in [1.29, 1.82) is 0 Å². The van der Waals surface area contributed by atoms with Crippen LogP contribution in [-0.2, 0) is 16.1 Å². The van der Waals surface area contributed by atoms with Crippen LogP contribution < -0.4 is 5.32 Å². The van der Waals surface area contributed by atoms with Crippen molar-refractivity contribution >= 4 is 5.91 Å². The summed E-state index contributed by atoms with van der Waals surface area (Å²) in [5, 5.41) is 3.25. The second-order valence-electron chi connectivity index (χ2n) is 4.72. The van der Waals surface area contributed by atoms with E-state index in [1.54, 1.807) is 13.3 Å². The molecule has 1 amide bonds. The summed E-state index contributed by atoms with van der Waals surface area (Å²) in [7, 11) is 1.65. The van der Waals surface area contributed by atoms with Crippen LogP contribution in [0.25, 0.3) is 0 Å². The molecule has 1 atom stereocenters. The standard InChI is InChI=1S/C14H21N3O2/c1-19-10-9-17(11-12-5-2-3-7-15-12)14(18)13-6-4-8-16-13/h2-3,5,7,13,16H,4,6,8-11H2,1H3. The van der Waals surface area contributed by atoms with Crippen LogP contribution in [0.4, 0.5) is 0 Å². The molecule has 5 nitrogen and oxygen atoms in total. The van der Waals surface area contributed by atoms with Gasteiger partial charge < -0.3 is 15.0 Å². The first-order chi connectivity index (χ1) is 9.31. The topological polar surface area (TPSA) is 54.5 Å². The second-order valence-corrected chi connectivity index (χ2v) is 4.72. The van der Waals surface area contributed by atoms with Gasteiger partial charge in [0, 0.05) is 19.9 Å². The number of carbonyl (C=O) groups is 1. The van der Waals surface area contributed by atoms with Crippen LogP contribution in [0.15, 0.2) is 24.4 Å². The summed E-state index contributed by atoms with van der Waals surface area (Å²) >= 11 is 0. The number of hydrogen-bond donors (Lipinski definition) is 1. The lowest BCUT2D eigenvalue weighted by Gasteiger charge is -2.25. The van der Waals surface area contributed by atoms with E-state index in [2.05, 4.69) is 10.3 Å². The number of nitrogens with one attached hydrogen (secondary N) is 1. The molecule has 1 fully saturated rings. The van der Waals surface area contributed by atoms with Gasteiger partial charge in [0.25, 0.3) is 0 Å². The minimum Gasteiger partial charge on any atom is -0.383 e. The molecule has 104 valence electrons. The molecule has 0 aromatic carbocycles. The van der Waals surface area contributed by atoms with E-state index < -0.39 is 0 Å². The average Bonchev–Trinajstić information content (AvgIpc) is 2.98. The van der Waals surface area contributed by atoms with Gasteiger partial charge in [0.2, 0.25) is 5.91 Å². The van der Waals surface area contributed by atoms with Crippen LogP contribution in [0.1, 0.15) is 18.5 Å². The van der Waals surface area contributed by atoms with Gasteiger partial charge in [0.15, 0.2) is 0 Å². The molecule has 0 radical (unpaired) electrons. The molecule has 0 spiro atoms. The van der Waals surface area contributed by atoms with Gasteiger partial charge in [0.05, 0.1) is 24.9 Å². The van der Waals surface area contributed by atoms with E-state index in [0.29, 0.717) is 19.7 Å². The predicted molar refractivity (Wildman–Crippen MR) is 72.6 cm³/mol. The zero-order valence-corrected chi connectivity index (χ0v) is 11.3. The molecule has 1 unspecified atom stereocenters. The molecule has 0 aliphatic carbocycles. The summed E-state index contributed by atoms with van der Waals surface area (Å²) in [5.74, 6) is 0.153. The Morgan fingerprint density at radius 2 is 2.47 bits per heavy atom. The molecule has 1 aliphatic rings. The van der Waals surface area contributed by atoms with E-state index in [1.165, 1.54) is 0 Å². The van der Waals surface area contributed by atoms with Crippen LogP contribution >= 0.6 is 0 Å². The molecule has 1 aromatic heterocycles. The van der Waals surface area contributed by atoms with Crippen molar-refractivity contribution < 1.29 is 9.53 Å². The summed E-state index contributed by atoms with van der Waals surface area (Å²) in [6.07, 6.45) is 3.74. The summed E-state index contributed by atoms with van der Waals surface area (Å²) in [6, 6.07) is 5.72. The maximum Gasteiger partial charge on any atom is 0.240 e. The molecule has 2 rings (SSSR count). The summed E-state index contributed by atoms with van der Waals surface area (Å²) in [5.41, 5.74) is 0.907. The third kappa shape index (κ3) is 4.01. The number of aromatic nitrogens is 1. The van der Waals surface area contributed by atoms with Gasteiger partial charge in [-0.25, -0.2) is 0 Å². The van der Waals surface area contributed by atoms with Gasteiger partial charge in [0.1, 0.15) is 0 Å². The van der Waals surface area contributed by atoms with Crippen LogP contribution in [0.3, 0.4) is 0 Å². The lowest BCUT2D eigenvalue weighted by molar-refractivity contribution is -0.134. The number of amides is 1. The van der Waals surface area contributed by atoms with Gasteiger partial charge in [-0.2, -0.15) is 0 Å². The first-order valence-electron chi connectivity index (χ1n) is 6.72. The van der Waals surface area contributed by atoms with E-state index in [1.807, 2.05) is 23.1 Å². The smallest absolute Gasteiger partial charge is 0.240 e. The third-order valence-electron chi connectivity index (χ3n) is 3.31. The van der Waals surface area contributed by atoms with Crippen molar-refractivity contribution in [2.45, 2.75) is 25.4 Å². The lowest BCUT2D eigenvalue weighted by atomic mass is 10.2. The Bertz CT molecular complexity index is 391. The first-order valence-corrected chi connectivity index (χ1v) is 6.72. The molecular weight excluding hydrogens is 242 g/mol. The Hall–Kier alpha value is -1.46. The Morgan fingerprint density at radius 1 is 1.58 bits per heavy atom. The SMILES string of the molecule is COCCN(Cc1ccccn1)C(=O)C1CCCN1. The fourth-order valence-electron chi connectivity index (χ4n) is 2.27. The van der Waals surface area contributed by atoms with Crippen LogP contribution in [0.5, 0.6) is 0 Å². The quantitative estimate of drug-likeness (QED) is 0.825. The van der Waals surface area contributed by atoms with Crippen LogP contribution in [0.2, 0.25) is 0 Å². The maximum absolute atomic E-state index is 12.4. The Morgan fingerprint density at radius 3 is 3.11 bits per heavy atom. The highest BCUT2D eigenvalue weighted by molar-refractivity contribution is 5.82. The number of nitrogens with zero attached hydrogens (tertiary/aromatic N) is 2. The van der Waals surface area contributed by atoms with Crippen molar-refractivity contribution in [3.05, 3.63) is 30.1 Å². The van der Waals surface area contributed by atoms with Gasteiger partial charge >= 0.3 is 0 Å². The van der Waals surface area contributed by atoms with Gasteiger partial charge in [-0.1, -0.05) is 6.07 Å². The molecule has 0 saturated carbocycles. The minimum absolute atomic E-state index is 0.0411. The minimum atomic E-state index is -0.0411. The molecule has 2 heterocycles. The predicted octanol–water partition coefficient (Wildman–Crippen LogP) is 0.809. The highest BCUT2D eigenvalue weighted by atomic mass is 16.5. The molecule has 1 N–H and O–H groups in total. The lowest BCUT2D eigenvalue weighted by Crippen LogP contribution is -2.44. The second kappa shape index (κ2) is 7.21. The largest absolute Gasteiger partial charge is 0.383 e. The highest BCUT2D eigenvalue weighted by Gasteiger charge is 2.26. The number of pyridine rings is 1. The van der Waals surface area contributed by atoms with E-state index >= 15 is 0 Å². The molecule has 1 aliphatic heterocycles. The fraction of sp³-hybridized carbons (Fsp3) is 0.571. The Balaban J connectivity index is 2.00. The normalized spacial score (nSPS) is 18.5. The van der Waals surface area contributed by atoms with Crippen molar-refractivity contribution in [1.82, 2.24) is 15.2 Å². The van der Waals surface area contributed by atoms with Crippen LogP contribution in [-0.4, -0.2) is 48.6 Å². The fourth-order valence-corrected chi connectivity index (χ4v) is 2.27. The number of ether oxygens (including phenoxy) is 1. The van der Waals surface area contributed by atoms with E-state index in [4.69, 9.17) is 4.74 Å². The van der Waals surface area contributed by atoms with Crippen molar-refractivity contribution in [3.63, 3.8) is 0 Å². The van der Waals surface area contributed by atoms with E-state index in [-0.39, 0.29) is 11.9 Å². The Kier molecular flexibility index (Phi) is 5.30. The number of rotatable bonds is 6. The first kappa shape index (κ1) is 14.0. The van der Waals surface area contributed by atoms with Crippen molar-refractivity contribution in [3.8, 4) is 0 Å².